The molecule has 0 unspecified atom stereocenters. The minimum Gasteiger partial charge on any atom is -0.405 e. The maximum Gasteiger partial charge on any atom is 0.337 e. The van der Waals surface area contributed by atoms with Crippen molar-refractivity contribution in [3.05, 3.63) is 12.2 Å². The second-order valence-corrected chi connectivity index (χ2v) is 38.1. The molecule has 0 aliphatic heterocycles. The van der Waals surface area contributed by atoms with Crippen molar-refractivity contribution in [2.45, 2.75) is 105 Å². The predicted octanol–water partition coefficient (Wildman–Crippen LogP) is 3.37. The maximum absolute atomic E-state index is 12.7. The number of rotatable bonds is 13. The van der Waals surface area contributed by atoms with Crippen molar-refractivity contribution in [3.63, 3.8) is 0 Å². The zero-order valence-electron chi connectivity index (χ0n) is 24.1. The first kappa shape index (κ1) is 33.3. The number of ether oxygens (including phenoxy) is 1. The van der Waals surface area contributed by atoms with Gasteiger partial charge in [0.25, 0.3) is 5.97 Å². The lowest BCUT2D eigenvalue weighted by molar-refractivity contribution is -0.434. The molecule has 196 valence electrons. The van der Waals surface area contributed by atoms with Crippen LogP contribution in [0.5, 0.6) is 0 Å². The Labute approximate surface area is 212 Å². The van der Waals surface area contributed by atoms with E-state index in [-0.39, 0.29) is 26.5 Å². The molecule has 0 aliphatic carbocycles. The SMILES string of the molecule is C=C(C)C(=O)OC(O[SiH3])(O[SiH3])C(C)(C)C(O[Si](C)(C)C)(O[Si](C)(C)C)O[Si](C)(C)[Si](C)(C)C. The highest BCUT2D eigenvalue weighted by molar-refractivity contribution is 7.37. The molecule has 0 atom stereocenters. The van der Waals surface area contributed by atoms with Gasteiger partial charge in [-0.15, -0.1) is 0 Å². The van der Waals surface area contributed by atoms with Gasteiger partial charge < -0.3 is 26.9 Å². The first-order chi connectivity index (χ1) is 14.3. The average Bonchev–Trinajstić information content (AvgIpc) is 2.54. The molecule has 0 radical (unpaired) electrons. The van der Waals surface area contributed by atoms with E-state index in [0.717, 1.165) is 0 Å². The standard InChI is InChI=1S/C20H50O7Si6/c1-16(2)17(21)22-19(23-28,24-29)18(3,4)20(25-30(5,6)7,26-31(8,9)10)27-33(14,15)32(11,12)13/h1H2,2-15,28-29H3. The Bertz CT molecular complexity index is 685. The van der Waals surface area contributed by atoms with Gasteiger partial charge in [0.1, 0.15) is 5.41 Å². The summed E-state index contributed by atoms with van der Waals surface area (Å²) >= 11 is 0. The zero-order valence-corrected chi connectivity index (χ0v) is 32.1. The molecule has 0 saturated heterocycles. The van der Waals surface area contributed by atoms with Crippen LogP contribution < -0.4 is 0 Å². The summed E-state index contributed by atoms with van der Waals surface area (Å²) in [5, 5.41) is 0. The molecule has 0 saturated carbocycles. The molecule has 0 rings (SSSR count). The molecule has 0 aliphatic rings. The van der Waals surface area contributed by atoms with E-state index in [1.807, 2.05) is 13.8 Å². The highest BCUT2D eigenvalue weighted by Gasteiger charge is 2.68. The van der Waals surface area contributed by atoms with Gasteiger partial charge in [-0.05, 0) is 73.1 Å². The van der Waals surface area contributed by atoms with Gasteiger partial charge in [0.2, 0.25) is 0 Å². The van der Waals surface area contributed by atoms with Crippen LogP contribution in [0.2, 0.25) is 72.0 Å². The normalized spacial score (nSPS) is 16.5. The maximum atomic E-state index is 12.7. The molecular weight excluding hydrogens is 521 g/mol. The topological polar surface area (TPSA) is 72.5 Å². The Morgan fingerprint density at radius 1 is 0.727 bits per heavy atom. The van der Waals surface area contributed by atoms with E-state index in [1.165, 1.54) is 0 Å². The van der Waals surface area contributed by atoms with E-state index >= 15 is 0 Å². The first-order valence-electron chi connectivity index (χ1n) is 11.4. The molecule has 0 bridgehead atoms. The van der Waals surface area contributed by atoms with Crippen molar-refractivity contribution in [3.8, 4) is 0 Å². The van der Waals surface area contributed by atoms with E-state index in [4.69, 9.17) is 26.9 Å². The molecule has 0 aromatic heterocycles. The summed E-state index contributed by atoms with van der Waals surface area (Å²) in [4.78, 5) is 12.7. The smallest absolute Gasteiger partial charge is 0.337 e. The Morgan fingerprint density at radius 3 is 1.33 bits per heavy atom. The van der Waals surface area contributed by atoms with Crippen molar-refractivity contribution in [2.75, 3.05) is 0 Å². The Balaban J connectivity index is 7.33. The van der Waals surface area contributed by atoms with Gasteiger partial charge in [0, 0.05) is 5.57 Å². The highest BCUT2D eigenvalue weighted by atomic mass is 29.3. The second kappa shape index (κ2) is 10.7. The highest BCUT2D eigenvalue weighted by Crippen LogP contribution is 2.51. The van der Waals surface area contributed by atoms with Crippen LogP contribution in [0.4, 0.5) is 0 Å². The Kier molecular flexibility index (Phi) is 10.8. The lowest BCUT2D eigenvalue weighted by atomic mass is 9.86. The van der Waals surface area contributed by atoms with Crippen LogP contribution in [-0.4, -0.2) is 70.9 Å². The molecule has 0 heterocycles. The van der Waals surface area contributed by atoms with Crippen molar-refractivity contribution in [2.24, 2.45) is 5.41 Å². The summed E-state index contributed by atoms with van der Waals surface area (Å²) in [7, 11) is -8.10. The number of hydrogen-bond acceptors (Lipinski definition) is 7. The summed E-state index contributed by atoms with van der Waals surface area (Å²) < 4.78 is 38.8. The molecule has 33 heavy (non-hydrogen) atoms. The average molecular weight is 571 g/mol. The van der Waals surface area contributed by atoms with Gasteiger partial charge in [-0.2, -0.15) is 0 Å². The molecule has 0 aromatic carbocycles. The van der Waals surface area contributed by atoms with Gasteiger partial charge >= 0.3 is 11.9 Å². The zero-order chi connectivity index (χ0) is 26.9. The van der Waals surface area contributed by atoms with E-state index in [2.05, 4.69) is 78.6 Å². The molecule has 0 aromatic rings. The van der Waals surface area contributed by atoms with Crippen LogP contribution in [0.15, 0.2) is 12.2 Å². The van der Waals surface area contributed by atoms with Crippen LogP contribution in [0.3, 0.4) is 0 Å². The molecule has 0 N–H and O–H groups in total. The predicted molar refractivity (Wildman–Crippen MR) is 153 cm³/mol. The quantitative estimate of drug-likeness (QED) is 0.145. The van der Waals surface area contributed by atoms with Gasteiger partial charge in [0.05, 0.1) is 7.59 Å². The van der Waals surface area contributed by atoms with E-state index in [1.54, 1.807) is 6.92 Å². The molecule has 0 amide bonds. The lowest BCUT2D eigenvalue weighted by Gasteiger charge is -2.58. The monoisotopic (exact) mass is 570 g/mol. The molecule has 7 nitrogen and oxygen atoms in total. The molecule has 0 fully saturated rings. The minimum atomic E-state index is -2.33. The number of esters is 1. The van der Waals surface area contributed by atoms with E-state index in [9.17, 15) is 4.79 Å². The summed E-state index contributed by atoms with van der Waals surface area (Å²) in [6.45, 7) is 33.1. The summed E-state index contributed by atoms with van der Waals surface area (Å²) in [5.41, 5.74) is -0.910. The van der Waals surface area contributed by atoms with Gasteiger partial charge in [-0.25, -0.2) is 4.79 Å². The van der Waals surface area contributed by atoms with Gasteiger partial charge in [-0.3, -0.25) is 0 Å². The van der Waals surface area contributed by atoms with Crippen LogP contribution in [0.25, 0.3) is 0 Å². The van der Waals surface area contributed by atoms with Crippen molar-refractivity contribution < 1.29 is 31.7 Å². The summed E-state index contributed by atoms with van der Waals surface area (Å²) in [6, 6.07) is 0. The van der Waals surface area contributed by atoms with Gasteiger partial charge in [-0.1, -0.05) is 26.2 Å². The third-order valence-electron chi connectivity index (χ3n) is 5.72. The lowest BCUT2D eigenvalue weighted by Crippen LogP contribution is -2.73. The minimum absolute atomic E-state index is 0.255. The molecular formula is C20H50O7Si6. The Hall–Kier alpha value is 0.311. The van der Waals surface area contributed by atoms with Crippen LogP contribution in [0.1, 0.15) is 20.8 Å². The largest absolute Gasteiger partial charge is 0.405 e. The fourth-order valence-electron chi connectivity index (χ4n) is 2.94. The van der Waals surface area contributed by atoms with Gasteiger partial charge in [0.15, 0.2) is 45.4 Å². The summed E-state index contributed by atoms with van der Waals surface area (Å²) in [6.07, 6.45) is 0. The Morgan fingerprint density at radius 2 is 1.09 bits per heavy atom. The summed E-state index contributed by atoms with van der Waals surface area (Å²) in [5.74, 6) is -3.85. The molecule has 0 spiro atoms. The number of carbonyl (C=O) groups excluding carboxylic acids is 1. The fraction of sp³-hybridized carbons (Fsp3) is 0.850. The van der Waals surface area contributed by atoms with Crippen LogP contribution >= 0.6 is 0 Å². The van der Waals surface area contributed by atoms with Crippen LogP contribution in [0, 0.1) is 5.41 Å². The third kappa shape index (κ3) is 8.16. The first-order valence-corrected chi connectivity index (χ1v) is 27.3. The van der Waals surface area contributed by atoms with Crippen molar-refractivity contribution in [1.82, 2.24) is 0 Å². The fourth-order valence-corrected chi connectivity index (χ4v) is 9.97. The second-order valence-electron chi connectivity index (χ2n) is 12.6. The van der Waals surface area contributed by atoms with Crippen molar-refractivity contribution in [1.29, 1.82) is 0 Å². The van der Waals surface area contributed by atoms with Crippen LogP contribution in [-0.2, 0) is 31.7 Å². The van der Waals surface area contributed by atoms with Crippen molar-refractivity contribution >= 4 is 59.0 Å². The van der Waals surface area contributed by atoms with E-state index in [0.29, 0.717) is 0 Å². The van der Waals surface area contributed by atoms with E-state index < -0.39 is 55.4 Å². The third-order valence-corrected chi connectivity index (χ3v) is 24.1. The number of carbonyl (C=O) groups is 1. The molecule has 13 heteroatoms. The number of hydrogen-bond donors (Lipinski definition) is 0.